The van der Waals surface area contributed by atoms with Crippen LogP contribution in [0.2, 0.25) is 5.02 Å². The van der Waals surface area contributed by atoms with E-state index in [-0.39, 0.29) is 10.8 Å². The zero-order valence-electron chi connectivity index (χ0n) is 19.6. The van der Waals surface area contributed by atoms with Gasteiger partial charge >= 0.3 is 0 Å². The smallest absolute Gasteiger partial charge is 0.242 e. The van der Waals surface area contributed by atoms with Crippen LogP contribution in [0.1, 0.15) is 37.6 Å². The van der Waals surface area contributed by atoms with Crippen LogP contribution in [0.5, 0.6) is 0 Å². The Kier molecular flexibility index (Phi) is 8.15. The minimum Gasteiger partial charge on any atom is -0.341 e. The van der Waals surface area contributed by atoms with Gasteiger partial charge in [-0.1, -0.05) is 37.1 Å². The molecule has 7 nitrogen and oxygen atoms in total. The summed E-state index contributed by atoms with van der Waals surface area (Å²) in [5, 5.41) is 0.647. The number of sulfonamides is 1. The number of rotatable bonds is 10. The second-order valence-electron chi connectivity index (χ2n) is 8.35. The van der Waals surface area contributed by atoms with Gasteiger partial charge < -0.3 is 9.47 Å². The van der Waals surface area contributed by atoms with E-state index in [1.54, 1.807) is 24.1 Å². The molecule has 9 heteroatoms. The van der Waals surface area contributed by atoms with Crippen LogP contribution < -0.4 is 0 Å². The third-order valence-corrected chi connectivity index (χ3v) is 7.66. The third kappa shape index (κ3) is 5.93. The maximum atomic E-state index is 12.8. The number of fused-ring (bicyclic) bond motifs is 1. The number of imidazole rings is 1. The molecule has 0 unspecified atom stereocenters. The van der Waals surface area contributed by atoms with E-state index in [2.05, 4.69) is 11.5 Å². The highest BCUT2D eigenvalue weighted by atomic mass is 35.5. The highest BCUT2D eigenvalue weighted by Gasteiger charge is 2.20. The lowest BCUT2D eigenvalue weighted by Gasteiger charge is -2.17. The Hall–Kier alpha value is -2.42. The zero-order valence-corrected chi connectivity index (χ0v) is 21.2. The van der Waals surface area contributed by atoms with Gasteiger partial charge in [0.25, 0.3) is 0 Å². The van der Waals surface area contributed by atoms with Crippen molar-refractivity contribution >= 4 is 38.6 Å². The molecule has 0 spiro atoms. The predicted octanol–water partition coefficient (Wildman–Crippen LogP) is 4.33. The summed E-state index contributed by atoms with van der Waals surface area (Å²) >= 11 is 6.05. The van der Waals surface area contributed by atoms with Gasteiger partial charge in [-0.15, -0.1) is 0 Å². The van der Waals surface area contributed by atoms with Crippen LogP contribution in [0, 0.1) is 0 Å². The van der Waals surface area contributed by atoms with Crippen molar-refractivity contribution in [3.05, 3.63) is 58.9 Å². The number of aryl methyl sites for hydroxylation is 2. The van der Waals surface area contributed by atoms with Crippen molar-refractivity contribution in [2.45, 2.75) is 50.6 Å². The molecule has 33 heavy (non-hydrogen) atoms. The van der Waals surface area contributed by atoms with Crippen LogP contribution in [0.4, 0.5) is 0 Å². The van der Waals surface area contributed by atoms with E-state index in [4.69, 9.17) is 16.6 Å². The molecule has 1 heterocycles. The molecule has 0 N–H and O–H groups in total. The minimum absolute atomic E-state index is 0.0138. The highest BCUT2D eigenvalue weighted by molar-refractivity contribution is 7.89. The molecule has 0 aliphatic rings. The number of amides is 1. The normalized spacial score (nSPS) is 11.9. The number of hydrogen-bond donors (Lipinski definition) is 0. The van der Waals surface area contributed by atoms with Crippen molar-refractivity contribution in [2.24, 2.45) is 0 Å². The Balaban J connectivity index is 1.81. The number of carbonyl (C=O) groups is 1. The number of aromatic nitrogens is 2. The first-order valence-corrected chi connectivity index (χ1v) is 12.9. The Morgan fingerprint density at radius 3 is 2.55 bits per heavy atom. The number of halogens is 1. The maximum absolute atomic E-state index is 12.8. The van der Waals surface area contributed by atoms with Gasteiger partial charge in [0.15, 0.2) is 0 Å². The number of unbranched alkanes of at least 4 members (excludes halogenated alkanes) is 1. The average molecular weight is 491 g/mol. The number of benzene rings is 2. The molecule has 1 aromatic heterocycles. The fraction of sp³-hybridized carbons (Fsp3) is 0.417. The van der Waals surface area contributed by atoms with E-state index in [9.17, 15) is 13.2 Å². The maximum Gasteiger partial charge on any atom is 0.242 e. The predicted molar refractivity (Wildman–Crippen MR) is 132 cm³/mol. The number of hydrogen-bond acceptors (Lipinski definition) is 4. The van der Waals surface area contributed by atoms with Gasteiger partial charge in [-0.25, -0.2) is 17.7 Å². The molecular weight excluding hydrogens is 460 g/mol. The van der Waals surface area contributed by atoms with Gasteiger partial charge in [0.05, 0.1) is 15.9 Å². The molecular formula is C24H31ClN4O3S. The lowest BCUT2D eigenvalue weighted by molar-refractivity contribution is -0.130. The van der Waals surface area contributed by atoms with Gasteiger partial charge in [0.1, 0.15) is 5.82 Å². The highest BCUT2D eigenvalue weighted by Crippen LogP contribution is 2.23. The average Bonchev–Trinajstić information content (AvgIpc) is 3.12. The first-order chi connectivity index (χ1) is 15.6. The molecule has 3 aromatic rings. The van der Waals surface area contributed by atoms with Crippen LogP contribution in [0.3, 0.4) is 0 Å². The van der Waals surface area contributed by atoms with Gasteiger partial charge in [0.2, 0.25) is 15.9 Å². The Bertz CT molecular complexity index is 1240. The van der Waals surface area contributed by atoms with Crippen LogP contribution in [0.25, 0.3) is 11.0 Å². The molecule has 0 fully saturated rings. The second kappa shape index (κ2) is 10.7. The van der Waals surface area contributed by atoms with Gasteiger partial charge in [-0.05, 0) is 42.3 Å². The molecule has 178 valence electrons. The van der Waals surface area contributed by atoms with Crippen molar-refractivity contribution in [1.29, 1.82) is 0 Å². The molecule has 0 saturated heterocycles. The quantitative estimate of drug-likeness (QED) is 0.424. The van der Waals surface area contributed by atoms with Crippen LogP contribution in [-0.2, 0) is 34.3 Å². The lowest BCUT2D eigenvalue weighted by atomic mass is 10.2. The van der Waals surface area contributed by atoms with E-state index in [1.165, 1.54) is 18.4 Å². The van der Waals surface area contributed by atoms with Gasteiger partial charge in [-0.3, -0.25) is 4.79 Å². The van der Waals surface area contributed by atoms with Crippen molar-refractivity contribution in [1.82, 2.24) is 18.8 Å². The summed E-state index contributed by atoms with van der Waals surface area (Å²) in [4.78, 5) is 19.4. The van der Waals surface area contributed by atoms with Crippen molar-refractivity contribution in [2.75, 3.05) is 21.1 Å². The molecule has 0 bridgehead atoms. The molecule has 2 aromatic carbocycles. The van der Waals surface area contributed by atoms with Crippen molar-refractivity contribution < 1.29 is 13.2 Å². The first-order valence-electron chi connectivity index (χ1n) is 11.0. The first kappa shape index (κ1) is 25.2. The monoisotopic (exact) mass is 490 g/mol. The summed E-state index contributed by atoms with van der Waals surface area (Å²) in [7, 11) is 1.26. The van der Waals surface area contributed by atoms with E-state index in [0.717, 1.165) is 36.3 Å². The van der Waals surface area contributed by atoms with E-state index < -0.39 is 10.0 Å². The Labute approximate surface area is 201 Å². The fourth-order valence-corrected chi connectivity index (χ4v) is 4.83. The van der Waals surface area contributed by atoms with Gasteiger partial charge in [-0.2, -0.15) is 0 Å². The summed E-state index contributed by atoms with van der Waals surface area (Å²) in [6, 6.07) is 12.5. The van der Waals surface area contributed by atoms with Crippen LogP contribution in [0.15, 0.2) is 47.4 Å². The molecule has 0 radical (unpaired) electrons. The minimum atomic E-state index is -3.54. The van der Waals surface area contributed by atoms with Crippen molar-refractivity contribution in [3.63, 3.8) is 0 Å². The van der Waals surface area contributed by atoms with Gasteiger partial charge in [0, 0.05) is 52.1 Å². The summed E-state index contributed by atoms with van der Waals surface area (Å²) < 4.78 is 28.4. The summed E-state index contributed by atoms with van der Waals surface area (Å²) in [6.07, 6.45) is 2.79. The summed E-state index contributed by atoms with van der Waals surface area (Å²) in [6.45, 7) is 3.38. The Morgan fingerprint density at radius 1 is 1.12 bits per heavy atom. The summed E-state index contributed by atoms with van der Waals surface area (Å²) in [5.74, 6) is 0.808. The third-order valence-electron chi connectivity index (χ3n) is 5.61. The fourth-order valence-electron chi connectivity index (χ4n) is 3.69. The van der Waals surface area contributed by atoms with E-state index in [0.29, 0.717) is 29.9 Å². The molecule has 3 rings (SSSR count). The molecule has 1 amide bonds. The number of carbonyl (C=O) groups excluding carboxylic acids is 1. The molecule has 0 saturated carbocycles. The van der Waals surface area contributed by atoms with Crippen LogP contribution in [-0.4, -0.2) is 54.2 Å². The number of nitrogens with zero attached hydrogens (tertiary/aromatic N) is 4. The molecule has 0 atom stereocenters. The van der Waals surface area contributed by atoms with Crippen LogP contribution >= 0.6 is 11.6 Å². The lowest BCUT2D eigenvalue weighted by Crippen LogP contribution is -2.26. The molecule has 0 aliphatic carbocycles. The Morgan fingerprint density at radius 2 is 1.88 bits per heavy atom. The SMILES string of the molecule is CCCCn1c(CCC(=O)N(C)Cc2cccc(Cl)c2)nc2cc(S(=O)(=O)N(C)C)ccc21. The second-order valence-corrected chi connectivity index (χ2v) is 10.9. The molecule has 0 aliphatic heterocycles. The largest absolute Gasteiger partial charge is 0.341 e. The van der Waals surface area contributed by atoms with E-state index in [1.807, 2.05) is 30.3 Å². The zero-order chi connectivity index (χ0) is 24.2. The van der Waals surface area contributed by atoms with E-state index >= 15 is 0 Å². The summed E-state index contributed by atoms with van der Waals surface area (Å²) in [5.41, 5.74) is 2.49. The standard InChI is InChI=1S/C24H31ClN4O3S/c1-5-6-14-29-22-11-10-20(33(31,32)27(2)3)16-21(22)26-23(29)12-13-24(30)28(4)17-18-8-7-9-19(25)15-18/h7-11,15-16H,5-6,12-14,17H2,1-4H3. The van der Waals surface area contributed by atoms with Crippen molar-refractivity contribution in [3.8, 4) is 0 Å². The topological polar surface area (TPSA) is 75.5 Å².